The van der Waals surface area contributed by atoms with Gasteiger partial charge >= 0.3 is 0 Å². The molecule has 2 atom stereocenters. The molecule has 0 aromatic heterocycles. The smallest absolute Gasteiger partial charge is 0.114 e. The molecule has 0 radical (unpaired) electrons. The van der Waals surface area contributed by atoms with Crippen molar-refractivity contribution in [1.82, 2.24) is 0 Å². The highest BCUT2D eigenvalue weighted by atomic mass is 16.6. The van der Waals surface area contributed by atoms with Crippen LogP contribution in [0, 0.1) is 0 Å². The average molecular weight is 386 g/mol. The average Bonchev–Trinajstić information content (AvgIpc) is 2.65. The highest BCUT2D eigenvalue weighted by molar-refractivity contribution is 4.80. The Morgan fingerprint density at radius 2 is 1.04 bits per heavy atom. The molecule has 10 nitrogen and oxygen atoms in total. The van der Waals surface area contributed by atoms with Gasteiger partial charge in [0.1, 0.15) is 18.3 Å². The van der Waals surface area contributed by atoms with E-state index in [0.717, 1.165) is 0 Å². The first-order valence-corrected chi connectivity index (χ1v) is 8.67. The van der Waals surface area contributed by atoms with Gasteiger partial charge in [-0.2, -0.15) is 0 Å². The predicted molar refractivity (Wildman–Crippen MR) is 91.1 cm³/mol. The molecule has 0 fully saturated rings. The molecule has 0 saturated carbocycles. The molecule has 0 aromatic rings. The number of methoxy groups -OCH3 is 1. The zero-order valence-corrected chi connectivity index (χ0v) is 15.5. The first kappa shape index (κ1) is 25.6. The first-order chi connectivity index (χ1) is 12.7. The molecule has 26 heavy (non-hydrogen) atoms. The summed E-state index contributed by atoms with van der Waals surface area (Å²) in [5.74, 6) is 0. The van der Waals surface area contributed by atoms with Crippen LogP contribution in [0.25, 0.3) is 0 Å². The molecule has 0 aliphatic carbocycles. The second kappa shape index (κ2) is 19.4. The fourth-order valence-electron chi connectivity index (χ4n) is 2.13. The van der Waals surface area contributed by atoms with Crippen LogP contribution >= 0.6 is 0 Å². The third-order valence-electron chi connectivity index (χ3n) is 3.21. The fraction of sp³-hybridized carbons (Fsp3) is 1.00. The molecule has 0 rings (SSSR count). The van der Waals surface area contributed by atoms with E-state index in [4.69, 9.17) is 48.8 Å². The minimum absolute atomic E-state index is 0.0709. The normalized spacial score (nSPS) is 15.1. The van der Waals surface area contributed by atoms with E-state index in [9.17, 15) is 0 Å². The van der Waals surface area contributed by atoms with Crippen molar-refractivity contribution in [2.75, 3.05) is 86.4 Å². The summed E-state index contributed by atoms with van der Waals surface area (Å²) < 4.78 is 32.8. The van der Waals surface area contributed by atoms with E-state index in [-0.39, 0.29) is 72.7 Å². The van der Waals surface area contributed by atoms with Gasteiger partial charge in [0, 0.05) is 7.11 Å². The Balaban J connectivity index is 5.07. The van der Waals surface area contributed by atoms with Gasteiger partial charge in [0.15, 0.2) is 0 Å². The molecule has 0 aliphatic rings. The lowest BCUT2D eigenvalue weighted by Crippen LogP contribution is -2.48. The first-order valence-electron chi connectivity index (χ1n) is 8.67. The molecule has 158 valence electrons. The Bertz CT molecular complexity index is 260. The Kier molecular flexibility index (Phi) is 19.1. The largest absolute Gasteiger partial charge is 0.394 e. The summed E-state index contributed by atoms with van der Waals surface area (Å²) in [4.78, 5) is 0. The minimum atomic E-state index is -0.638. The molecule has 2 unspecified atom stereocenters. The van der Waals surface area contributed by atoms with Gasteiger partial charge in [0.2, 0.25) is 0 Å². The fourth-order valence-corrected chi connectivity index (χ4v) is 2.13. The maximum atomic E-state index is 9.05. The molecule has 0 bridgehead atoms. The molecule has 10 heteroatoms. The van der Waals surface area contributed by atoms with E-state index in [0.29, 0.717) is 6.61 Å². The van der Waals surface area contributed by atoms with Crippen LogP contribution in [-0.4, -0.2) is 125 Å². The summed E-state index contributed by atoms with van der Waals surface area (Å²) in [6.07, 6.45) is -1.85. The molecular formula is C16H34O10. The van der Waals surface area contributed by atoms with Crippen LogP contribution < -0.4 is 0 Å². The third-order valence-corrected chi connectivity index (χ3v) is 3.21. The van der Waals surface area contributed by atoms with Crippen molar-refractivity contribution in [2.24, 2.45) is 0 Å². The molecule has 0 saturated heterocycles. The van der Waals surface area contributed by atoms with Crippen molar-refractivity contribution in [3.8, 4) is 0 Å². The van der Waals surface area contributed by atoms with Gasteiger partial charge < -0.3 is 48.8 Å². The monoisotopic (exact) mass is 386 g/mol. The van der Waals surface area contributed by atoms with Crippen molar-refractivity contribution < 1.29 is 48.8 Å². The van der Waals surface area contributed by atoms with Gasteiger partial charge in [-0.15, -0.1) is 0 Å². The number of hydrogen-bond donors (Lipinski definition) is 4. The Morgan fingerprint density at radius 1 is 0.577 bits per heavy atom. The number of aliphatic hydroxyl groups excluding tert-OH is 4. The van der Waals surface area contributed by atoms with Crippen molar-refractivity contribution in [1.29, 1.82) is 0 Å². The molecule has 4 N–H and O–H groups in total. The second-order valence-corrected chi connectivity index (χ2v) is 5.19. The van der Waals surface area contributed by atoms with E-state index < -0.39 is 18.3 Å². The van der Waals surface area contributed by atoms with Gasteiger partial charge in [0.05, 0.1) is 79.3 Å². The van der Waals surface area contributed by atoms with Crippen molar-refractivity contribution >= 4 is 0 Å². The standard InChI is InChI=1S/C16H34O10/c1-21-10-11-26-16(14(24-8-4-19)12-22-6-2-17)15(25-9-5-20)13-23-7-3-18/h14-20H,2-13H2,1H3. The number of ether oxygens (including phenoxy) is 6. The lowest BCUT2D eigenvalue weighted by Gasteiger charge is -2.33. The van der Waals surface area contributed by atoms with Crippen LogP contribution in [0.1, 0.15) is 0 Å². The lowest BCUT2D eigenvalue weighted by atomic mass is 10.1. The summed E-state index contributed by atoms with van der Waals surface area (Å²) in [6, 6.07) is 0. The Hall–Kier alpha value is -0.400. The Labute approximate surface area is 154 Å². The van der Waals surface area contributed by atoms with E-state index in [1.807, 2.05) is 0 Å². The number of rotatable bonds is 20. The van der Waals surface area contributed by atoms with Crippen LogP contribution in [0.4, 0.5) is 0 Å². The maximum Gasteiger partial charge on any atom is 0.114 e. The van der Waals surface area contributed by atoms with Crippen LogP contribution in [0.2, 0.25) is 0 Å². The van der Waals surface area contributed by atoms with Crippen LogP contribution in [0.3, 0.4) is 0 Å². The highest BCUT2D eigenvalue weighted by Gasteiger charge is 2.32. The van der Waals surface area contributed by atoms with Gasteiger partial charge in [-0.05, 0) is 0 Å². The molecule has 0 spiro atoms. The summed E-state index contributed by atoms with van der Waals surface area (Å²) in [5.41, 5.74) is 0. The maximum absolute atomic E-state index is 9.05. The highest BCUT2D eigenvalue weighted by Crippen LogP contribution is 2.15. The predicted octanol–water partition coefficient (Wildman–Crippen LogP) is -2.21. The lowest BCUT2D eigenvalue weighted by molar-refractivity contribution is -0.177. The number of hydrogen-bond acceptors (Lipinski definition) is 10. The van der Waals surface area contributed by atoms with Gasteiger partial charge in [0.25, 0.3) is 0 Å². The van der Waals surface area contributed by atoms with Crippen molar-refractivity contribution in [3.63, 3.8) is 0 Å². The number of aliphatic hydroxyl groups is 4. The van der Waals surface area contributed by atoms with Crippen LogP contribution in [0.5, 0.6) is 0 Å². The summed E-state index contributed by atoms with van der Waals surface area (Å²) >= 11 is 0. The van der Waals surface area contributed by atoms with E-state index in [1.54, 1.807) is 7.11 Å². The summed E-state index contributed by atoms with van der Waals surface area (Å²) in [5, 5.41) is 35.9. The topological polar surface area (TPSA) is 136 Å². The van der Waals surface area contributed by atoms with Crippen molar-refractivity contribution in [3.05, 3.63) is 0 Å². The molecule has 0 aliphatic heterocycles. The SMILES string of the molecule is COCCOC(C(COCCO)OCCO)C(COCCO)OCCO. The molecule has 0 amide bonds. The van der Waals surface area contributed by atoms with Crippen LogP contribution in [0.15, 0.2) is 0 Å². The molecule has 0 aromatic carbocycles. The third kappa shape index (κ3) is 12.9. The zero-order chi connectivity index (χ0) is 19.5. The Morgan fingerprint density at radius 3 is 1.42 bits per heavy atom. The zero-order valence-electron chi connectivity index (χ0n) is 15.5. The van der Waals surface area contributed by atoms with Gasteiger partial charge in [-0.1, -0.05) is 0 Å². The molecule has 0 heterocycles. The van der Waals surface area contributed by atoms with E-state index in [1.165, 1.54) is 0 Å². The summed E-state index contributed by atoms with van der Waals surface area (Å²) in [7, 11) is 1.55. The quantitative estimate of drug-likeness (QED) is 0.171. The van der Waals surface area contributed by atoms with Crippen LogP contribution in [-0.2, 0) is 28.4 Å². The summed E-state index contributed by atoms with van der Waals surface area (Å²) in [6.45, 7) is 0.619. The molecular weight excluding hydrogens is 352 g/mol. The van der Waals surface area contributed by atoms with Gasteiger partial charge in [-0.25, -0.2) is 0 Å². The van der Waals surface area contributed by atoms with E-state index in [2.05, 4.69) is 0 Å². The minimum Gasteiger partial charge on any atom is -0.394 e. The van der Waals surface area contributed by atoms with Crippen molar-refractivity contribution in [2.45, 2.75) is 18.3 Å². The second-order valence-electron chi connectivity index (χ2n) is 5.19. The van der Waals surface area contributed by atoms with E-state index >= 15 is 0 Å². The van der Waals surface area contributed by atoms with Gasteiger partial charge in [-0.3, -0.25) is 0 Å².